The summed E-state index contributed by atoms with van der Waals surface area (Å²) in [7, 11) is 0. The van der Waals surface area contributed by atoms with Gasteiger partial charge in [0.15, 0.2) is 0 Å². The summed E-state index contributed by atoms with van der Waals surface area (Å²) in [5, 5.41) is 8.70. The van der Waals surface area contributed by atoms with Gasteiger partial charge in [-0.05, 0) is 30.5 Å². The second kappa shape index (κ2) is 5.83. The highest BCUT2D eigenvalue weighted by Gasteiger charge is 2.31. The summed E-state index contributed by atoms with van der Waals surface area (Å²) >= 11 is 0. The molecule has 1 fully saturated rings. The molecular weight excluding hydrogens is 271 g/mol. The van der Waals surface area contributed by atoms with Crippen molar-refractivity contribution in [3.05, 3.63) is 35.4 Å². The van der Waals surface area contributed by atoms with Crippen molar-refractivity contribution in [2.75, 3.05) is 6.54 Å². The van der Waals surface area contributed by atoms with Crippen molar-refractivity contribution in [2.45, 2.75) is 38.0 Å². The number of halogens is 3. The van der Waals surface area contributed by atoms with Crippen molar-refractivity contribution in [2.24, 2.45) is 0 Å². The molecule has 1 aliphatic carbocycles. The second-order valence-corrected chi connectivity index (χ2v) is 5.04. The average molecular weight is 287 g/mol. The van der Waals surface area contributed by atoms with Crippen LogP contribution in [-0.2, 0) is 17.5 Å². The lowest BCUT2D eigenvalue weighted by atomic mass is 10.1. The predicted octanol–water partition coefficient (Wildman–Crippen LogP) is 3.14. The van der Waals surface area contributed by atoms with Crippen LogP contribution in [0.15, 0.2) is 24.3 Å². The molecule has 0 amide bonds. The zero-order valence-electron chi connectivity index (χ0n) is 10.9. The lowest BCUT2D eigenvalue weighted by Crippen LogP contribution is -2.28. The molecule has 1 aromatic carbocycles. The van der Waals surface area contributed by atoms with E-state index in [2.05, 4.69) is 0 Å². The Labute approximate surface area is 115 Å². The summed E-state index contributed by atoms with van der Waals surface area (Å²) in [5.41, 5.74) is 0.111. The Morgan fingerprint density at radius 1 is 1.25 bits per heavy atom. The summed E-state index contributed by atoms with van der Waals surface area (Å²) in [6.07, 6.45) is -2.21. The third-order valence-electron chi connectivity index (χ3n) is 3.34. The van der Waals surface area contributed by atoms with E-state index in [1.165, 1.54) is 12.1 Å². The lowest BCUT2D eigenvalue weighted by molar-refractivity contribution is -0.138. The van der Waals surface area contributed by atoms with E-state index in [0.29, 0.717) is 19.1 Å². The van der Waals surface area contributed by atoms with E-state index >= 15 is 0 Å². The van der Waals surface area contributed by atoms with Crippen LogP contribution in [-0.4, -0.2) is 28.6 Å². The molecule has 6 heteroatoms. The standard InChI is InChI=1S/C14H16F3NO2/c15-14(16,17)11-3-1-10(2-4-11)9-18(12-5-6-12)8-7-13(19)20/h1-4,12H,5-9H2,(H,19,20). The summed E-state index contributed by atoms with van der Waals surface area (Å²) in [5.74, 6) is -0.858. The van der Waals surface area contributed by atoms with Gasteiger partial charge in [-0.1, -0.05) is 12.1 Å². The van der Waals surface area contributed by atoms with Crippen LogP contribution in [0, 0.1) is 0 Å². The van der Waals surface area contributed by atoms with Crippen molar-refractivity contribution in [1.29, 1.82) is 0 Å². The molecule has 0 saturated heterocycles. The first-order valence-electron chi connectivity index (χ1n) is 6.48. The van der Waals surface area contributed by atoms with Crippen LogP contribution in [0.4, 0.5) is 13.2 Å². The predicted molar refractivity (Wildman–Crippen MR) is 67.1 cm³/mol. The minimum Gasteiger partial charge on any atom is -0.481 e. The second-order valence-electron chi connectivity index (χ2n) is 5.04. The zero-order valence-corrected chi connectivity index (χ0v) is 10.9. The van der Waals surface area contributed by atoms with Gasteiger partial charge >= 0.3 is 12.1 Å². The van der Waals surface area contributed by atoms with E-state index in [1.807, 2.05) is 4.90 Å². The number of hydrogen-bond donors (Lipinski definition) is 1. The third-order valence-corrected chi connectivity index (χ3v) is 3.34. The summed E-state index contributed by atoms with van der Waals surface area (Å²) in [6.45, 7) is 0.928. The van der Waals surface area contributed by atoms with Crippen LogP contribution >= 0.6 is 0 Å². The van der Waals surface area contributed by atoms with E-state index in [1.54, 1.807) is 0 Å². The van der Waals surface area contributed by atoms with Gasteiger partial charge < -0.3 is 5.11 Å². The third kappa shape index (κ3) is 4.23. The number of carbonyl (C=O) groups is 1. The number of alkyl halides is 3. The molecule has 0 bridgehead atoms. The highest BCUT2D eigenvalue weighted by Crippen LogP contribution is 2.31. The molecule has 0 radical (unpaired) electrons. The Balaban J connectivity index is 1.98. The molecule has 0 aliphatic heterocycles. The molecule has 1 saturated carbocycles. The minimum atomic E-state index is -4.32. The molecule has 20 heavy (non-hydrogen) atoms. The van der Waals surface area contributed by atoms with Crippen molar-refractivity contribution in [3.8, 4) is 0 Å². The van der Waals surface area contributed by atoms with Crippen LogP contribution in [0.5, 0.6) is 0 Å². The largest absolute Gasteiger partial charge is 0.481 e. The molecule has 1 aromatic rings. The Morgan fingerprint density at radius 2 is 1.85 bits per heavy atom. The Morgan fingerprint density at radius 3 is 2.30 bits per heavy atom. The van der Waals surface area contributed by atoms with Crippen molar-refractivity contribution in [3.63, 3.8) is 0 Å². The van der Waals surface area contributed by atoms with Gasteiger partial charge in [0.25, 0.3) is 0 Å². The molecule has 2 rings (SSSR count). The van der Waals surface area contributed by atoms with Gasteiger partial charge in [-0.15, -0.1) is 0 Å². The van der Waals surface area contributed by atoms with E-state index in [0.717, 1.165) is 30.5 Å². The van der Waals surface area contributed by atoms with E-state index in [9.17, 15) is 18.0 Å². The van der Waals surface area contributed by atoms with Crippen molar-refractivity contribution >= 4 is 5.97 Å². The molecule has 0 unspecified atom stereocenters. The molecule has 1 N–H and O–H groups in total. The molecular formula is C14H16F3NO2. The first-order valence-corrected chi connectivity index (χ1v) is 6.48. The fourth-order valence-electron chi connectivity index (χ4n) is 2.10. The molecule has 1 aliphatic rings. The topological polar surface area (TPSA) is 40.5 Å². The summed E-state index contributed by atoms with van der Waals surface area (Å²) < 4.78 is 37.4. The highest BCUT2D eigenvalue weighted by molar-refractivity contribution is 5.66. The Hall–Kier alpha value is -1.56. The van der Waals surface area contributed by atoms with Gasteiger partial charge in [0.1, 0.15) is 0 Å². The number of carboxylic acid groups (broad SMARTS) is 1. The number of nitrogens with zero attached hydrogens (tertiary/aromatic N) is 1. The summed E-state index contributed by atoms with van der Waals surface area (Å²) in [4.78, 5) is 12.6. The minimum absolute atomic E-state index is 0.0527. The molecule has 0 aromatic heterocycles. The van der Waals surface area contributed by atoms with Crippen LogP contribution in [0.3, 0.4) is 0 Å². The quantitative estimate of drug-likeness (QED) is 0.873. The maximum atomic E-state index is 12.5. The normalized spacial score (nSPS) is 15.6. The van der Waals surface area contributed by atoms with Crippen molar-refractivity contribution in [1.82, 2.24) is 4.90 Å². The van der Waals surface area contributed by atoms with E-state index in [4.69, 9.17) is 5.11 Å². The molecule has 3 nitrogen and oxygen atoms in total. The Kier molecular flexibility index (Phi) is 4.32. The maximum absolute atomic E-state index is 12.5. The van der Waals surface area contributed by atoms with Gasteiger partial charge in [-0.2, -0.15) is 13.2 Å². The first-order chi connectivity index (χ1) is 9.36. The number of hydrogen-bond acceptors (Lipinski definition) is 2. The first kappa shape index (κ1) is 14.8. The molecule has 0 heterocycles. The number of rotatable bonds is 6. The molecule has 0 atom stereocenters. The maximum Gasteiger partial charge on any atom is 0.416 e. The molecule has 110 valence electrons. The van der Waals surface area contributed by atoms with Gasteiger partial charge in [0.2, 0.25) is 0 Å². The number of carboxylic acids is 1. The summed E-state index contributed by atoms with van der Waals surface area (Å²) in [6, 6.07) is 5.42. The van der Waals surface area contributed by atoms with Crippen LogP contribution in [0.1, 0.15) is 30.4 Å². The monoisotopic (exact) mass is 287 g/mol. The van der Waals surface area contributed by atoms with Gasteiger partial charge in [0.05, 0.1) is 12.0 Å². The Bertz CT molecular complexity index is 466. The number of aliphatic carboxylic acids is 1. The van der Waals surface area contributed by atoms with Crippen molar-refractivity contribution < 1.29 is 23.1 Å². The lowest BCUT2D eigenvalue weighted by Gasteiger charge is -2.21. The van der Waals surface area contributed by atoms with Crippen LogP contribution in [0.2, 0.25) is 0 Å². The van der Waals surface area contributed by atoms with Gasteiger partial charge in [-0.25, -0.2) is 0 Å². The van der Waals surface area contributed by atoms with Crippen LogP contribution < -0.4 is 0 Å². The van der Waals surface area contributed by atoms with Gasteiger partial charge in [-0.3, -0.25) is 9.69 Å². The highest BCUT2D eigenvalue weighted by atomic mass is 19.4. The van der Waals surface area contributed by atoms with Crippen LogP contribution in [0.25, 0.3) is 0 Å². The number of benzene rings is 1. The smallest absolute Gasteiger partial charge is 0.416 e. The fraction of sp³-hybridized carbons (Fsp3) is 0.500. The fourth-order valence-corrected chi connectivity index (χ4v) is 2.10. The SMILES string of the molecule is O=C(O)CCN(Cc1ccc(C(F)(F)F)cc1)C1CC1. The average Bonchev–Trinajstić information content (AvgIpc) is 3.18. The van der Waals surface area contributed by atoms with E-state index in [-0.39, 0.29) is 6.42 Å². The molecule has 0 spiro atoms. The van der Waals surface area contributed by atoms with E-state index < -0.39 is 17.7 Å². The van der Waals surface area contributed by atoms with Gasteiger partial charge in [0, 0.05) is 19.1 Å². The zero-order chi connectivity index (χ0) is 14.8.